The summed E-state index contributed by atoms with van der Waals surface area (Å²) in [5, 5.41) is 8.97. The van der Waals surface area contributed by atoms with E-state index in [0.717, 1.165) is 19.3 Å². The van der Waals surface area contributed by atoms with Gasteiger partial charge < -0.3 is 5.11 Å². The smallest absolute Gasteiger partial charge is 0.309 e. The van der Waals surface area contributed by atoms with E-state index in [4.69, 9.17) is 5.11 Å². The third-order valence-electron chi connectivity index (χ3n) is 3.24. The fraction of sp³-hybridized carbons (Fsp3) is 0.900. The molecule has 0 aromatic carbocycles. The van der Waals surface area contributed by atoms with Crippen molar-refractivity contribution in [3.8, 4) is 0 Å². The number of rotatable bonds is 2. The molecule has 0 bridgehead atoms. The van der Waals surface area contributed by atoms with Crippen molar-refractivity contribution in [1.29, 1.82) is 0 Å². The first kappa shape index (κ1) is 9.56. The Morgan fingerprint density at radius 3 is 2.42 bits per heavy atom. The maximum absolute atomic E-state index is 10.9. The number of carbonyl (C=O) groups is 1. The second kappa shape index (κ2) is 3.08. The molecule has 0 radical (unpaired) electrons. The maximum Gasteiger partial charge on any atom is 0.309 e. The molecule has 2 nitrogen and oxygen atoms in total. The maximum atomic E-state index is 10.9. The second-order valence-electron chi connectivity index (χ2n) is 4.61. The van der Waals surface area contributed by atoms with Gasteiger partial charge in [0, 0.05) is 0 Å². The van der Waals surface area contributed by atoms with Crippen LogP contribution in [-0.4, -0.2) is 11.1 Å². The largest absolute Gasteiger partial charge is 0.481 e. The molecule has 0 aliphatic heterocycles. The lowest BCUT2D eigenvalue weighted by molar-refractivity contribution is -0.147. The van der Waals surface area contributed by atoms with E-state index in [1.807, 2.05) is 6.92 Å². The van der Waals surface area contributed by atoms with E-state index in [1.54, 1.807) is 0 Å². The first-order valence-corrected chi connectivity index (χ1v) is 4.69. The van der Waals surface area contributed by atoms with Crippen LogP contribution in [0.15, 0.2) is 0 Å². The van der Waals surface area contributed by atoms with Crippen LogP contribution in [0.4, 0.5) is 0 Å². The Balaban J connectivity index is 2.61. The predicted molar refractivity (Wildman–Crippen MR) is 47.9 cm³/mol. The predicted octanol–water partition coefficient (Wildman–Crippen LogP) is 2.53. The molecule has 1 rings (SSSR count). The molecule has 0 saturated heterocycles. The zero-order valence-corrected chi connectivity index (χ0v) is 8.13. The molecule has 0 aromatic rings. The lowest BCUT2D eigenvalue weighted by Gasteiger charge is -2.19. The van der Waals surface area contributed by atoms with Crippen molar-refractivity contribution in [2.75, 3.05) is 0 Å². The molecule has 0 aromatic heterocycles. The average molecular weight is 170 g/mol. The summed E-state index contributed by atoms with van der Waals surface area (Å²) in [4.78, 5) is 10.9. The monoisotopic (exact) mass is 170 g/mol. The zero-order valence-electron chi connectivity index (χ0n) is 8.13. The summed E-state index contributed by atoms with van der Waals surface area (Å²) < 4.78 is 0. The minimum atomic E-state index is -0.620. The molecule has 12 heavy (non-hydrogen) atoms. The summed E-state index contributed by atoms with van der Waals surface area (Å²) in [5.41, 5.74) is -0.436. The number of hydrogen-bond acceptors (Lipinski definition) is 1. The van der Waals surface area contributed by atoms with E-state index >= 15 is 0 Å². The van der Waals surface area contributed by atoms with Crippen molar-refractivity contribution in [1.82, 2.24) is 0 Å². The molecule has 2 atom stereocenters. The highest BCUT2D eigenvalue weighted by Gasteiger charge is 2.41. The van der Waals surface area contributed by atoms with Gasteiger partial charge in [-0.25, -0.2) is 0 Å². The second-order valence-corrected chi connectivity index (χ2v) is 4.61. The Bertz CT molecular complexity index is 186. The van der Waals surface area contributed by atoms with E-state index in [2.05, 4.69) is 13.8 Å². The van der Waals surface area contributed by atoms with Crippen molar-refractivity contribution < 1.29 is 9.90 Å². The van der Waals surface area contributed by atoms with Crippen LogP contribution in [0.25, 0.3) is 0 Å². The van der Waals surface area contributed by atoms with Crippen LogP contribution in [0.5, 0.6) is 0 Å². The third-order valence-corrected chi connectivity index (χ3v) is 3.24. The molecule has 1 aliphatic carbocycles. The highest BCUT2D eigenvalue weighted by atomic mass is 16.4. The van der Waals surface area contributed by atoms with Crippen LogP contribution >= 0.6 is 0 Å². The van der Waals surface area contributed by atoms with Crippen molar-refractivity contribution in [2.24, 2.45) is 17.3 Å². The van der Waals surface area contributed by atoms with Gasteiger partial charge in [-0.05, 0) is 38.0 Å². The van der Waals surface area contributed by atoms with E-state index in [1.165, 1.54) is 0 Å². The summed E-state index contributed by atoms with van der Waals surface area (Å²) >= 11 is 0. The van der Waals surface area contributed by atoms with Crippen LogP contribution in [0.1, 0.15) is 40.0 Å². The van der Waals surface area contributed by atoms with Gasteiger partial charge in [0.2, 0.25) is 0 Å². The van der Waals surface area contributed by atoms with Gasteiger partial charge in [-0.3, -0.25) is 4.79 Å². The van der Waals surface area contributed by atoms with Crippen molar-refractivity contribution >= 4 is 5.97 Å². The molecule has 1 fully saturated rings. The van der Waals surface area contributed by atoms with Gasteiger partial charge in [0.15, 0.2) is 0 Å². The molecule has 2 heteroatoms. The van der Waals surface area contributed by atoms with Gasteiger partial charge >= 0.3 is 5.97 Å². The molecule has 70 valence electrons. The van der Waals surface area contributed by atoms with Crippen LogP contribution in [-0.2, 0) is 4.79 Å². The van der Waals surface area contributed by atoms with Crippen molar-refractivity contribution in [3.05, 3.63) is 0 Å². The third kappa shape index (κ3) is 1.62. The zero-order chi connectivity index (χ0) is 9.35. The Hall–Kier alpha value is -0.530. The van der Waals surface area contributed by atoms with E-state index < -0.39 is 11.4 Å². The van der Waals surface area contributed by atoms with Crippen LogP contribution in [0.3, 0.4) is 0 Å². The van der Waals surface area contributed by atoms with Gasteiger partial charge in [-0.2, -0.15) is 0 Å². The molecule has 1 saturated carbocycles. The Labute approximate surface area is 74.0 Å². The molecule has 0 amide bonds. The fourth-order valence-corrected chi connectivity index (χ4v) is 2.05. The minimum Gasteiger partial charge on any atom is -0.481 e. The molecule has 0 unspecified atom stereocenters. The first-order valence-electron chi connectivity index (χ1n) is 4.69. The van der Waals surface area contributed by atoms with Crippen molar-refractivity contribution in [2.45, 2.75) is 40.0 Å². The lowest BCUT2D eigenvalue weighted by Crippen LogP contribution is -2.24. The number of carboxylic acid groups (broad SMARTS) is 1. The summed E-state index contributed by atoms with van der Waals surface area (Å²) in [5.74, 6) is 0.628. The molecule has 1 N–H and O–H groups in total. The molecule has 1 aliphatic rings. The Morgan fingerprint density at radius 2 is 2.17 bits per heavy atom. The highest BCUT2D eigenvalue weighted by Crippen LogP contribution is 2.44. The quantitative estimate of drug-likeness (QED) is 0.691. The Kier molecular flexibility index (Phi) is 2.45. The minimum absolute atomic E-state index is 0.436. The highest BCUT2D eigenvalue weighted by molar-refractivity contribution is 5.74. The van der Waals surface area contributed by atoms with Gasteiger partial charge in [0.1, 0.15) is 0 Å². The molecular weight excluding hydrogens is 152 g/mol. The normalized spacial score (nSPS) is 35.8. The van der Waals surface area contributed by atoms with Crippen molar-refractivity contribution in [3.63, 3.8) is 0 Å². The summed E-state index contributed by atoms with van der Waals surface area (Å²) in [6, 6.07) is 0. The van der Waals surface area contributed by atoms with E-state index in [9.17, 15) is 4.79 Å². The topological polar surface area (TPSA) is 37.3 Å². The molecule has 0 heterocycles. The SMILES string of the molecule is CC(C)[C@H]1CC[C@](C)(C(=O)O)C1. The fourth-order valence-electron chi connectivity index (χ4n) is 2.05. The summed E-state index contributed by atoms with van der Waals surface area (Å²) in [6.07, 6.45) is 2.80. The number of hydrogen-bond donors (Lipinski definition) is 1. The lowest BCUT2D eigenvalue weighted by atomic mass is 9.85. The number of carboxylic acids is 1. The van der Waals surface area contributed by atoms with Gasteiger partial charge in [-0.1, -0.05) is 13.8 Å². The van der Waals surface area contributed by atoms with E-state index in [-0.39, 0.29) is 0 Å². The first-order chi connectivity index (χ1) is 5.46. The van der Waals surface area contributed by atoms with Gasteiger partial charge in [0.05, 0.1) is 5.41 Å². The molecular formula is C10H18O2. The van der Waals surface area contributed by atoms with Gasteiger partial charge in [0.25, 0.3) is 0 Å². The Morgan fingerprint density at radius 1 is 1.58 bits per heavy atom. The average Bonchev–Trinajstić information content (AvgIpc) is 2.33. The standard InChI is InChI=1S/C10H18O2/c1-7(2)8-4-5-10(3,6-8)9(11)12/h7-8H,4-6H2,1-3H3,(H,11,12)/t8-,10-/m0/s1. The van der Waals surface area contributed by atoms with Crippen LogP contribution in [0, 0.1) is 17.3 Å². The summed E-state index contributed by atoms with van der Waals surface area (Å²) in [7, 11) is 0. The van der Waals surface area contributed by atoms with Crippen LogP contribution < -0.4 is 0 Å². The number of aliphatic carboxylic acids is 1. The van der Waals surface area contributed by atoms with Gasteiger partial charge in [-0.15, -0.1) is 0 Å². The van der Waals surface area contributed by atoms with E-state index in [0.29, 0.717) is 11.8 Å². The summed E-state index contributed by atoms with van der Waals surface area (Å²) in [6.45, 7) is 6.23. The molecule has 0 spiro atoms. The van der Waals surface area contributed by atoms with Crippen LogP contribution in [0.2, 0.25) is 0 Å².